The maximum absolute atomic E-state index is 12.0. The van der Waals surface area contributed by atoms with E-state index in [9.17, 15) is 17.4 Å². The topological polar surface area (TPSA) is 80.3 Å². The first-order valence-corrected chi connectivity index (χ1v) is 10.6. The van der Waals surface area contributed by atoms with Crippen LogP contribution in [-0.2, 0) is 19.9 Å². The van der Waals surface area contributed by atoms with Gasteiger partial charge in [-0.15, -0.1) is 0 Å². The van der Waals surface area contributed by atoms with Crippen molar-refractivity contribution in [3.63, 3.8) is 0 Å². The standard InChI is InChI=1S/C12H15BrClNO4S2/c1-3-20(17)5-4-15-12(16)9-6-10(13)8(2)11(7-9)21(14,18)19/h6-7H,3-5H2,1-2H3,(H,15,16). The number of hydrogen-bond acceptors (Lipinski definition) is 4. The predicted octanol–water partition coefficient (Wildman–Crippen LogP) is 2.18. The molecule has 9 heteroatoms. The van der Waals surface area contributed by atoms with E-state index in [-0.39, 0.29) is 17.0 Å². The quantitative estimate of drug-likeness (QED) is 0.721. The van der Waals surface area contributed by atoms with Crippen molar-refractivity contribution >= 4 is 52.4 Å². The Kier molecular flexibility index (Phi) is 6.83. The molecule has 0 radical (unpaired) electrons. The Bertz CT molecular complexity index is 676. The van der Waals surface area contributed by atoms with Crippen LogP contribution in [0.1, 0.15) is 22.8 Å². The molecule has 0 bridgehead atoms. The van der Waals surface area contributed by atoms with Crippen molar-refractivity contribution < 1.29 is 17.4 Å². The molecule has 118 valence electrons. The van der Waals surface area contributed by atoms with Crippen LogP contribution < -0.4 is 5.32 Å². The molecule has 0 spiro atoms. The minimum absolute atomic E-state index is 0.110. The lowest BCUT2D eigenvalue weighted by Gasteiger charge is -2.09. The van der Waals surface area contributed by atoms with Crippen molar-refractivity contribution in [1.82, 2.24) is 5.32 Å². The van der Waals surface area contributed by atoms with Gasteiger partial charge in [0.2, 0.25) is 0 Å². The smallest absolute Gasteiger partial charge is 0.261 e. The van der Waals surface area contributed by atoms with E-state index in [1.54, 1.807) is 13.8 Å². The summed E-state index contributed by atoms with van der Waals surface area (Å²) in [6.45, 7) is 3.64. The molecule has 0 aliphatic rings. The molecule has 1 aromatic rings. The number of rotatable bonds is 6. The monoisotopic (exact) mass is 415 g/mol. The molecule has 0 aliphatic carbocycles. The van der Waals surface area contributed by atoms with Crippen LogP contribution >= 0.6 is 26.6 Å². The lowest BCUT2D eigenvalue weighted by Crippen LogP contribution is -2.28. The molecular formula is C12H15BrClNO4S2. The molecule has 0 aromatic heterocycles. The molecule has 1 unspecified atom stereocenters. The molecule has 0 aliphatic heterocycles. The molecular weight excluding hydrogens is 402 g/mol. The Morgan fingerprint density at radius 3 is 2.57 bits per heavy atom. The van der Waals surface area contributed by atoms with E-state index in [0.717, 1.165) is 0 Å². The van der Waals surface area contributed by atoms with Crippen molar-refractivity contribution in [2.24, 2.45) is 0 Å². The van der Waals surface area contributed by atoms with Gasteiger partial charge in [0.1, 0.15) is 0 Å². The first-order valence-electron chi connectivity index (χ1n) is 6.04. The van der Waals surface area contributed by atoms with Crippen LogP contribution in [0.15, 0.2) is 21.5 Å². The Hall–Kier alpha value is -0.440. The highest BCUT2D eigenvalue weighted by molar-refractivity contribution is 9.10. The Morgan fingerprint density at radius 1 is 1.43 bits per heavy atom. The van der Waals surface area contributed by atoms with Crippen LogP contribution in [0.2, 0.25) is 0 Å². The zero-order valence-electron chi connectivity index (χ0n) is 11.5. The van der Waals surface area contributed by atoms with Crippen molar-refractivity contribution in [3.05, 3.63) is 27.7 Å². The van der Waals surface area contributed by atoms with Gasteiger partial charge in [0.25, 0.3) is 15.0 Å². The Labute approximate surface area is 139 Å². The third-order valence-electron chi connectivity index (χ3n) is 2.76. The molecule has 0 saturated heterocycles. The summed E-state index contributed by atoms with van der Waals surface area (Å²) in [5, 5.41) is 2.60. The van der Waals surface area contributed by atoms with E-state index in [0.29, 0.717) is 21.5 Å². The number of nitrogens with one attached hydrogen (secondary N) is 1. The Balaban J connectivity index is 2.96. The maximum atomic E-state index is 12.0. The highest BCUT2D eigenvalue weighted by Crippen LogP contribution is 2.28. The van der Waals surface area contributed by atoms with E-state index < -0.39 is 25.8 Å². The van der Waals surface area contributed by atoms with Crippen molar-refractivity contribution in [2.75, 3.05) is 18.1 Å². The summed E-state index contributed by atoms with van der Waals surface area (Å²) < 4.78 is 34.7. The normalized spacial score (nSPS) is 13.0. The Morgan fingerprint density at radius 2 is 2.05 bits per heavy atom. The van der Waals surface area contributed by atoms with Gasteiger partial charge in [-0.3, -0.25) is 9.00 Å². The number of benzene rings is 1. The molecule has 1 N–H and O–H groups in total. The van der Waals surface area contributed by atoms with Gasteiger partial charge in [-0.2, -0.15) is 0 Å². The van der Waals surface area contributed by atoms with Gasteiger partial charge in [-0.1, -0.05) is 22.9 Å². The molecule has 0 saturated carbocycles. The van der Waals surface area contributed by atoms with Crippen molar-refractivity contribution in [1.29, 1.82) is 0 Å². The lowest BCUT2D eigenvalue weighted by atomic mass is 10.1. The van der Waals surface area contributed by atoms with Gasteiger partial charge in [0, 0.05) is 49.6 Å². The highest BCUT2D eigenvalue weighted by Gasteiger charge is 2.19. The molecule has 1 amide bonds. The number of halogens is 2. The van der Waals surface area contributed by atoms with E-state index in [1.165, 1.54) is 12.1 Å². The molecule has 1 atom stereocenters. The van der Waals surface area contributed by atoms with Gasteiger partial charge in [-0.05, 0) is 24.6 Å². The van der Waals surface area contributed by atoms with Gasteiger partial charge in [0.05, 0.1) is 4.90 Å². The van der Waals surface area contributed by atoms with Gasteiger partial charge < -0.3 is 5.32 Å². The second-order valence-corrected chi connectivity index (χ2v) is 9.46. The zero-order valence-corrected chi connectivity index (χ0v) is 15.5. The third kappa shape index (κ3) is 5.36. The molecule has 5 nitrogen and oxygen atoms in total. The fraction of sp³-hybridized carbons (Fsp3) is 0.417. The van der Waals surface area contributed by atoms with Crippen LogP contribution in [0.3, 0.4) is 0 Å². The van der Waals surface area contributed by atoms with E-state index in [1.807, 2.05) is 0 Å². The second-order valence-electron chi connectivity index (χ2n) is 4.21. The number of hydrogen-bond donors (Lipinski definition) is 1. The van der Waals surface area contributed by atoms with Gasteiger partial charge >= 0.3 is 0 Å². The first-order chi connectivity index (χ1) is 9.66. The second kappa shape index (κ2) is 7.71. The molecule has 0 heterocycles. The summed E-state index contributed by atoms with van der Waals surface area (Å²) in [6, 6.07) is 2.75. The minimum Gasteiger partial charge on any atom is -0.351 e. The first kappa shape index (κ1) is 18.6. The van der Waals surface area contributed by atoms with Crippen LogP contribution in [0, 0.1) is 6.92 Å². The third-order valence-corrected chi connectivity index (χ3v) is 6.33. The molecule has 1 rings (SSSR count). The summed E-state index contributed by atoms with van der Waals surface area (Å²) in [7, 11) is 0.453. The highest BCUT2D eigenvalue weighted by atomic mass is 79.9. The van der Waals surface area contributed by atoms with E-state index >= 15 is 0 Å². The number of carbonyl (C=O) groups is 1. The van der Waals surface area contributed by atoms with E-state index in [2.05, 4.69) is 21.2 Å². The summed E-state index contributed by atoms with van der Waals surface area (Å²) in [4.78, 5) is 11.9. The van der Waals surface area contributed by atoms with Crippen LogP contribution in [0.4, 0.5) is 0 Å². The lowest BCUT2D eigenvalue weighted by molar-refractivity contribution is 0.0956. The van der Waals surface area contributed by atoms with Crippen LogP contribution in [0.25, 0.3) is 0 Å². The molecule has 21 heavy (non-hydrogen) atoms. The van der Waals surface area contributed by atoms with E-state index in [4.69, 9.17) is 10.7 Å². The SMILES string of the molecule is CCS(=O)CCNC(=O)c1cc(Br)c(C)c(S(=O)(=O)Cl)c1. The number of carbonyl (C=O) groups excluding carboxylic acids is 1. The summed E-state index contributed by atoms with van der Waals surface area (Å²) in [5.41, 5.74) is 0.614. The fourth-order valence-corrected chi connectivity index (χ4v) is 4.00. The van der Waals surface area contributed by atoms with Gasteiger partial charge in [0.15, 0.2) is 0 Å². The average molecular weight is 417 g/mol. The zero-order chi connectivity index (χ0) is 16.2. The van der Waals surface area contributed by atoms with Gasteiger partial charge in [-0.25, -0.2) is 8.42 Å². The van der Waals surface area contributed by atoms with Crippen LogP contribution in [-0.4, -0.2) is 36.6 Å². The molecule has 0 fully saturated rings. The van der Waals surface area contributed by atoms with Crippen molar-refractivity contribution in [3.8, 4) is 0 Å². The largest absolute Gasteiger partial charge is 0.351 e. The summed E-state index contributed by atoms with van der Waals surface area (Å²) >= 11 is 3.21. The van der Waals surface area contributed by atoms with Crippen LogP contribution in [0.5, 0.6) is 0 Å². The fourth-order valence-electron chi connectivity index (χ4n) is 1.56. The maximum Gasteiger partial charge on any atom is 0.261 e. The number of amides is 1. The summed E-state index contributed by atoms with van der Waals surface area (Å²) in [6.07, 6.45) is 0. The molecule has 1 aromatic carbocycles. The predicted molar refractivity (Wildman–Crippen MR) is 87.8 cm³/mol. The van der Waals surface area contributed by atoms with Crippen molar-refractivity contribution in [2.45, 2.75) is 18.7 Å². The minimum atomic E-state index is -3.94. The summed E-state index contributed by atoms with van der Waals surface area (Å²) in [5.74, 6) is 0.446. The average Bonchev–Trinajstić information content (AvgIpc) is 2.39.